The molecular weight excluding hydrogens is 342 g/mol. The first kappa shape index (κ1) is 17.3. The van der Waals surface area contributed by atoms with Crippen LogP contribution in [0.5, 0.6) is 5.75 Å². The van der Waals surface area contributed by atoms with Gasteiger partial charge in [0.05, 0.1) is 13.7 Å². The lowest BCUT2D eigenvalue weighted by Gasteiger charge is -2.17. The van der Waals surface area contributed by atoms with Gasteiger partial charge in [0.25, 0.3) is 5.91 Å². The molecule has 3 N–H and O–H groups in total. The number of amides is 1. The third kappa shape index (κ3) is 3.31. The van der Waals surface area contributed by atoms with Gasteiger partial charge in [0.1, 0.15) is 17.3 Å². The van der Waals surface area contributed by atoms with E-state index in [2.05, 4.69) is 15.3 Å². The highest BCUT2D eigenvalue weighted by atomic mass is 16.5. The van der Waals surface area contributed by atoms with Crippen molar-refractivity contribution in [2.45, 2.75) is 18.9 Å². The first-order chi connectivity index (χ1) is 13.2. The molecule has 27 heavy (non-hydrogen) atoms. The number of hydrogen-bond acceptors (Lipinski definition) is 4. The first-order valence-electron chi connectivity index (χ1n) is 8.89. The Balaban J connectivity index is 1.68. The van der Waals surface area contributed by atoms with E-state index in [1.165, 1.54) is 0 Å². The minimum absolute atomic E-state index is 0.00205. The molecule has 1 aliphatic rings. The van der Waals surface area contributed by atoms with Crippen LogP contribution in [0, 0.1) is 0 Å². The van der Waals surface area contributed by atoms with E-state index < -0.39 is 0 Å². The number of para-hydroxylation sites is 1. The molecule has 0 unspecified atom stereocenters. The number of rotatable bonds is 4. The summed E-state index contributed by atoms with van der Waals surface area (Å²) in [6.45, 7) is 0.530. The van der Waals surface area contributed by atoms with Gasteiger partial charge in [-0.3, -0.25) is 4.79 Å². The summed E-state index contributed by atoms with van der Waals surface area (Å²) >= 11 is 0. The zero-order valence-corrected chi connectivity index (χ0v) is 15.0. The van der Waals surface area contributed by atoms with Crippen LogP contribution in [-0.4, -0.2) is 34.6 Å². The zero-order valence-electron chi connectivity index (χ0n) is 15.0. The van der Waals surface area contributed by atoms with E-state index in [0.29, 0.717) is 24.5 Å². The van der Waals surface area contributed by atoms with Gasteiger partial charge < -0.3 is 20.1 Å². The molecule has 0 saturated carbocycles. The van der Waals surface area contributed by atoms with Gasteiger partial charge in [0, 0.05) is 23.7 Å². The second-order valence-corrected chi connectivity index (χ2v) is 6.62. The fraction of sp³-hybridized carbons (Fsp3) is 0.238. The number of carbonyl (C=O) groups is 1. The van der Waals surface area contributed by atoms with Crippen molar-refractivity contribution in [1.29, 1.82) is 0 Å². The number of nitrogens with one attached hydrogen (secondary N) is 2. The van der Waals surface area contributed by atoms with Crippen LogP contribution in [0.4, 0.5) is 0 Å². The highest BCUT2D eigenvalue weighted by Gasteiger charge is 2.27. The number of H-pyrrole nitrogens is 1. The first-order valence-corrected chi connectivity index (χ1v) is 8.89. The summed E-state index contributed by atoms with van der Waals surface area (Å²) in [6, 6.07) is 15.4. The summed E-state index contributed by atoms with van der Waals surface area (Å²) in [4.78, 5) is 20.4. The lowest BCUT2D eigenvalue weighted by molar-refractivity contribution is 0.0950. The molecule has 4 rings (SSSR count). The molecule has 0 fully saturated rings. The van der Waals surface area contributed by atoms with Crippen LogP contribution in [0.2, 0.25) is 0 Å². The Morgan fingerprint density at radius 2 is 1.96 bits per heavy atom. The molecule has 1 atom stereocenters. The average molecular weight is 363 g/mol. The molecule has 6 nitrogen and oxygen atoms in total. The molecule has 0 radical (unpaired) electrons. The Morgan fingerprint density at radius 3 is 2.70 bits per heavy atom. The molecule has 3 aromatic rings. The van der Waals surface area contributed by atoms with Crippen LogP contribution >= 0.6 is 0 Å². The standard InChI is InChI=1S/C21H21N3O3/c1-27-18-5-3-2-4-16(18)15-10-17-19(21(26)22-11-15)24-20(23-17)14-8-6-13(12-25)7-9-14/h2-9,15,25H,10-12H2,1H3,(H,22,26)(H,23,24)/t15-/m1/s1. The Kier molecular flexibility index (Phi) is 4.64. The van der Waals surface area contributed by atoms with E-state index in [-0.39, 0.29) is 18.4 Å². The van der Waals surface area contributed by atoms with Gasteiger partial charge in [0.2, 0.25) is 0 Å². The smallest absolute Gasteiger partial charge is 0.271 e. The SMILES string of the molecule is COc1ccccc1[C@H]1CNC(=O)c2nc(-c3ccc(CO)cc3)[nH]c2C1. The van der Waals surface area contributed by atoms with Gasteiger partial charge in [-0.05, 0) is 23.6 Å². The van der Waals surface area contributed by atoms with E-state index in [1.54, 1.807) is 7.11 Å². The van der Waals surface area contributed by atoms with Gasteiger partial charge in [0.15, 0.2) is 0 Å². The second-order valence-electron chi connectivity index (χ2n) is 6.62. The van der Waals surface area contributed by atoms with Gasteiger partial charge in [-0.2, -0.15) is 0 Å². The number of aliphatic hydroxyl groups excluding tert-OH is 1. The Labute approximate surface area is 157 Å². The fourth-order valence-electron chi connectivity index (χ4n) is 3.49. The number of ether oxygens (including phenoxy) is 1. The van der Waals surface area contributed by atoms with Crippen molar-refractivity contribution in [1.82, 2.24) is 15.3 Å². The predicted molar refractivity (Wildman–Crippen MR) is 102 cm³/mol. The molecule has 1 aromatic heterocycles. The number of aromatic nitrogens is 2. The Bertz CT molecular complexity index is 963. The number of methoxy groups -OCH3 is 1. The molecule has 1 amide bonds. The maximum absolute atomic E-state index is 12.5. The van der Waals surface area contributed by atoms with Crippen molar-refractivity contribution in [3.05, 3.63) is 71.0 Å². The van der Waals surface area contributed by atoms with E-state index in [1.807, 2.05) is 48.5 Å². The highest BCUT2D eigenvalue weighted by Crippen LogP contribution is 2.31. The van der Waals surface area contributed by atoms with Crippen LogP contribution in [0.3, 0.4) is 0 Å². The van der Waals surface area contributed by atoms with Gasteiger partial charge in [-0.25, -0.2) is 4.98 Å². The quantitative estimate of drug-likeness (QED) is 0.665. The lowest BCUT2D eigenvalue weighted by Crippen LogP contribution is -2.26. The van der Waals surface area contributed by atoms with Gasteiger partial charge in [-0.15, -0.1) is 0 Å². The molecule has 0 spiro atoms. The molecule has 138 valence electrons. The summed E-state index contributed by atoms with van der Waals surface area (Å²) in [5.74, 6) is 1.40. The average Bonchev–Trinajstić information content (AvgIpc) is 3.08. The minimum Gasteiger partial charge on any atom is -0.496 e. The van der Waals surface area contributed by atoms with Crippen LogP contribution < -0.4 is 10.1 Å². The predicted octanol–water partition coefficient (Wildman–Crippen LogP) is 2.65. The van der Waals surface area contributed by atoms with E-state index in [4.69, 9.17) is 4.74 Å². The van der Waals surface area contributed by atoms with Crippen molar-refractivity contribution < 1.29 is 14.6 Å². The third-order valence-corrected chi connectivity index (χ3v) is 4.94. The van der Waals surface area contributed by atoms with Crippen molar-refractivity contribution in [3.63, 3.8) is 0 Å². The molecular formula is C21H21N3O3. The van der Waals surface area contributed by atoms with E-state index >= 15 is 0 Å². The Morgan fingerprint density at radius 1 is 1.19 bits per heavy atom. The Hall–Kier alpha value is -3.12. The zero-order chi connectivity index (χ0) is 18.8. The summed E-state index contributed by atoms with van der Waals surface area (Å²) in [5, 5.41) is 12.2. The lowest BCUT2D eigenvalue weighted by atomic mass is 9.93. The number of nitrogens with zero attached hydrogens (tertiary/aromatic N) is 1. The molecule has 2 heterocycles. The number of aromatic amines is 1. The van der Waals surface area contributed by atoms with Gasteiger partial charge in [-0.1, -0.05) is 42.5 Å². The molecule has 2 aromatic carbocycles. The normalized spacial score (nSPS) is 16.4. The van der Waals surface area contributed by atoms with Crippen LogP contribution in [-0.2, 0) is 13.0 Å². The molecule has 6 heteroatoms. The minimum atomic E-state index is -0.170. The van der Waals surface area contributed by atoms with Crippen molar-refractivity contribution in [2.24, 2.45) is 0 Å². The van der Waals surface area contributed by atoms with E-state index in [9.17, 15) is 9.90 Å². The fourth-order valence-corrected chi connectivity index (χ4v) is 3.49. The third-order valence-electron chi connectivity index (χ3n) is 4.94. The van der Waals surface area contributed by atoms with Crippen molar-refractivity contribution >= 4 is 5.91 Å². The van der Waals surface area contributed by atoms with Gasteiger partial charge >= 0.3 is 0 Å². The van der Waals surface area contributed by atoms with Crippen molar-refractivity contribution in [2.75, 3.05) is 13.7 Å². The van der Waals surface area contributed by atoms with Crippen LogP contribution in [0.1, 0.15) is 33.2 Å². The van der Waals surface area contributed by atoms with Crippen LogP contribution in [0.25, 0.3) is 11.4 Å². The van der Waals surface area contributed by atoms with E-state index in [0.717, 1.165) is 28.1 Å². The summed E-state index contributed by atoms with van der Waals surface area (Å²) < 4.78 is 5.49. The number of fused-ring (bicyclic) bond motifs is 1. The number of aliphatic hydroxyl groups is 1. The van der Waals surface area contributed by atoms with Crippen LogP contribution in [0.15, 0.2) is 48.5 Å². The number of carbonyl (C=O) groups excluding carboxylic acids is 1. The summed E-state index contributed by atoms with van der Waals surface area (Å²) in [5.41, 5.74) is 4.04. The maximum atomic E-state index is 12.5. The monoisotopic (exact) mass is 363 g/mol. The largest absolute Gasteiger partial charge is 0.496 e. The number of imidazole rings is 1. The maximum Gasteiger partial charge on any atom is 0.271 e. The summed E-state index contributed by atoms with van der Waals surface area (Å²) in [7, 11) is 1.66. The number of benzene rings is 2. The molecule has 0 bridgehead atoms. The van der Waals surface area contributed by atoms with Crippen molar-refractivity contribution in [3.8, 4) is 17.1 Å². The molecule has 0 aliphatic carbocycles. The molecule has 1 aliphatic heterocycles. The highest BCUT2D eigenvalue weighted by molar-refractivity contribution is 5.94. The number of hydrogen-bond donors (Lipinski definition) is 3. The topological polar surface area (TPSA) is 87.2 Å². The second kappa shape index (κ2) is 7.25. The molecule has 0 saturated heterocycles. The summed E-state index contributed by atoms with van der Waals surface area (Å²) in [6.07, 6.45) is 0.663.